The number of ether oxygens (including phenoxy) is 1. The molecule has 4 rings (SSSR count). The van der Waals surface area contributed by atoms with E-state index >= 15 is 0 Å². The summed E-state index contributed by atoms with van der Waals surface area (Å²) in [6.45, 7) is 2.41. The number of carbonyl (C=O) groups excluding carboxylic acids is 2. The van der Waals surface area contributed by atoms with Crippen molar-refractivity contribution in [2.75, 3.05) is 26.7 Å². The van der Waals surface area contributed by atoms with E-state index in [2.05, 4.69) is 26.3 Å². The fourth-order valence-electron chi connectivity index (χ4n) is 5.30. The maximum absolute atomic E-state index is 13.5. The molecule has 2 heterocycles. The molecule has 2 aliphatic carbocycles. The van der Waals surface area contributed by atoms with Crippen LogP contribution in [-0.4, -0.2) is 49.7 Å². The van der Waals surface area contributed by atoms with E-state index < -0.39 is 0 Å². The predicted octanol–water partition coefficient (Wildman–Crippen LogP) is 5.00. The van der Waals surface area contributed by atoms with Crippen LogP contribution in [0.2, 0.25) is 0 Å². The van der Waals surface area contributed by atoms with Gasteiger partial charge < -0.3 is 20.3 Å². The Morgan fingerprint density at radius 2 is 2.00 bits per heavy atom. The van der Waals surface area contributed by atoms with Crippen LogP contribution in [0.25, 0.3) is 0 Å². The summed E-state index contributed by atoms with van der Waals surface area (Å²) in [5, 5.41) is 6.02. The summed E-state index contributed by atoms with van der Waals surface area (Å²) >= 11 is 6.93. The van der Waals surface area contributed by atoms with Crippen LogP contribution in [0, 0.1) is 5.92 Å². The highest BCUT2D eigenvalue weighted by molar-refractivity contribution is 7.80. The largest absolute Gasteiger partial charge is 0.453 e. The van der Waals surface area contributed by atoms with Crippen molar-refractivity contribution >= 4 is 36.0 Å². The minimum absolute atomic E-state index is 0.0793. The van der Waals surface area contributed by atoms with Gasteiger partial charge in [-0.2, -0.15) is 0 Å². The van der Waals surface area contributed by atoms with Gasteiger partial charge in [-0.1, -0.05) is 19.3 Å². The standard InChI is InChI=1S/C25H39N3O3S2/c1-31-25(30)27-14-6-9-18-15-21(33-22(18)17-7-3-2-4-8-17)24(32)28(20-11-12-20)23(29)19-10-5-13-26-16-19/h15,17,19-20,24,26,32H,2-14,16H2,1H3,(H,27,30). The van der Waals surface area contributed by atoms with Gasteiger partial charge in [-0.25, -0.2) is 4.79 Å². The van der Waals surface area contributed by atoms with Gasteiger partial charge in [-0.15, -0.1) is 24.0 Å². The van der Waals surface area contributed by atoms with Crippen molar-refractivity contribution in [3.8, 4) is 0 Å². The average molecular weight is 494 g/mol. The fraction of sp³-hybridized carbons (Fsp3) is 0.760. The lowest BCUT2D eigenvalue weighted by atomic mass is 9.86. The first-order valence-electron chi connectivity index (χ1n) is 12.7. The third-order valence-corrected chi connectivity index (χ3v) is 9.37. The number of thiol groups is 1. The summed E-state index contributed by atoms with van der Waals surface area (Å²) in [7, 11) is 1.39. The van der Waals surface area contributed by atoms with E-state index in [9.17, 15) is 9.59 Å². The minimum atomic E-state index is -0.375. The molecule has 2 atom stereocenters. The number of alkyl carbamates (subject to hydrolysis) is 1. The summed E-state index contributed by atoms with van der Waals surface area (Å²) in [5.41, 5.74) is 1.38. The molecule has 2 unspecified atom stereocenters. The van der Waals surface area contributed by atoms with Gasteiger partial charge >= 0.3 is 6.09 Å². The molecule has 1 aromatic heterocycles. The first-order valence-corrected chi connectivity index (χ1v) is 14.1. The number of piperidine rings is 1. The van der Waals surface area contributed by atoms with E-state index in [-0.39, 0.29) is 23.3 Å². The topological polar surface area (TPSA) is 70.7 Å². The van der Waals surface area contributed by atoms with Crippen molar-refractivity contribution in [3.05, 3.63) is 21.4 Å². The fourth-order valence-corrected chi connectivity index (χ4v) is 7.21. The van der Waals surface area contributed by atoms with Crippen LogP contribution in [-0.2, 0) is 16.0 Å². The molecule has 8 heteroatoms. The molecule has 0 radical (unpaired) electrons. The summed E-state index contributed by atoms with van der Waals surface area (Å²) < 4.78 is 4.68. The Hall–Kier alpha value is -1.25. The van der Waals surface area contributed by atoms with Crippen LogP contribution < -0.4 is 10.6 Å². The van der Waals surface area contributed by atoms with Gasteiger partial charge in [0.05, 0.1) is 13.0 Å². The molecule has 184 valence electrons. The molecule has 2 amide bonds. The molecule has 1 aromatic rings. The highest BCUT2D eigenvalue weighted by atomic mass is 32.1. The third kappa shape index (κ3) is 6.45. The lowest BCUT2D eigenvalue weighted by Crippen LogP contribution is -2.44. The van der Waals surface area contributed by atoms with Crippen LogP contribution in [0.15, 0.2) is 6.07 Å². The number of thiophene rings is 1. The second-order valence-corrected chi connectivity index (χ2v) is 11.4. The number of aryl methyl sites for hydroxylation is 1. The van der Waals surface area contributed by atoms with Gasteiger partial charge in [-0.3, -0.25) is 4.79 Å². The number of carbonyl (C=O) groups is 2. The van der Waals surface area contributed by atoms with Crippen LogP contribution >= 0.6 is 24.0 Å². The van der Waals surface area contributed by atoms with Crippen molar-refractivity contribution in [1.29, 1.82) is 0 Å². The number of methoxy groups -OCH3 is 1. The van der Waals surface area contributed by atoms with Crippen LogP contribution in [0.4, 0.5) is 4.79 Å². The summed E-state index contributed by atoms with van der Waals surface area (Å²) in [6, 6.07) is 2.65. The monoisotopic (exact) mass is 493 g/mol. The Kier molecular flexibility index (Phi) is 8.99. The van der Waals surface area contributed by atoms with E-state index in [0.717, 1.165) is 51.6 Å². The van der Waals surface area contributed by atoms with Gasteiger partial charge in [0.25, 0.3) is 0 Å². The molecule has 3 aliphatic rings. The van der Waals surface area contributed by atoms with Gasteiger partial charge in [0.2, 0.25) is 5.91 Å². The molecule has 2 N–H and O–H groups in total. The lowest BCUT2D eigenvalue weighted by Gasteiger charge is -2.33. The smallest absolute Gasteiger partial charge is 0.406 e. The third-order valence-electron chi connectivity index (χ3n) is 7.27. The lowest BCUT2D eigenvalue weighted by molar-refractivity contribution is -0.137. The van der Waals surface area contributed by atoms with Gasteiger partial charge in [0.1, 0.15) is 5.37 Å². The molecular formula is C25H39N3O3S2. The molecule has 2 saturated carbocycles. The zero-order valence-electron chi connectivity index (χ0n) is 19.8. The van der Waals surface area contributed by atoms with Gasteiger partial charge in [-0.05, 0) is 75.5 Å². The molecule has 6 nitrogen and oxygen atoms in total. The molecule has 3 fully saturated rings. The summed E-state index contributed by atoms with van der Waals surface area (Å²) in [4.78, 5) is 29.7. The van der Waals surface area contributed by atoms with E-state index in [0.29, 0.717) is 18.5 Å². The van der Waals surface area contributed by atoms with Crippen molar-refractivity contribution < 1.29 is 14.3 Å². The van der Waals surface area contributed by atoms with Crippen LogP contribution in [0.5, 0.6) is 0 Å². The SMILES string of the molecule is COC(=O)NCCCc1cc(C(S)N(C(=O)C2CCCNC2)C2CC2)sc1C1CCCCC1. The summed E-state index contributed by atoms with van der Waals surface area (Å²) in [5.74, 6) is 0.978. The van der Waals surface area contributed by atoms with Crippen molar-refractivity contribution in [2.24, 2.45) is 5.92 Å². The number of hydrogen-bond acceptors (Lipinski definition) is 6. The van der Waals surface area contributed by atoms with Crippen molar-refractivity contribution in [2.45, 2.75) is 88.0 Å². The predicted molar refractivity (Wildman–Crippen MR) is 136 cm³/mol. The molecule has 33 heavy (non-hydrogen) atoms. The molecule has 0 spiro atoms. The van der Waals surface area contributed by atoms with E-state index in [1.165, 1.54) is 54.5 Å². The highest BCUT2D eigenvalue weighted by Crippen LogP contribution is 2.45. The quantitative estimate of drug-likeness (QED) is 0.257. The van der Waals surface area contributed by atoms with E-state index in [4.69, 9.17) is 12.6 Å². The maximum Gasteiger partial charge on any atom is 0.406 e. The Labute approximate surface area is 207 Å². The van der Waals surface area contributed by atoms with E-state index in [1.807, 2.05) is 11.3 Å². The maximum atomic E-state index is 13.5. The first kappa shape index (κ1) is 24.9. The normalized spacial score (nSPS) is 22.5. The molecule has 0 bridgehead atoms. The number of amides is 2. The van der Waals surface area contributed by atoms with Gasteiger partial charge in [0.15, 0.2) is 0 Å². The molecule has 0 aromatic carbocycles. The second-order valence-electron chi connectivity index (χ2n) is 9.79. The molecule has 1 aliphatic heterocycles. The Morgan fingerprint density at radius 1 is 1.21 bits per heavy atom. The van der Waals surface area contributed by atoms with Gasteiger partial charge in [0, 0.05) is 28.9 Å². The average Bonchev–Trinajstić information content (AvgIpc) is 3.60. The zero-order chi connectivity index (χ0) is 23.2. The van der Waals surface area contributed by atoms with Crippen LogP contribution in [0.1, 0.15) is 90.8 Å². The molecule has 1 saturated heterocycles. The number of nitrogens with one attached hydrogen (secondary N) is 2. The molecular weight excluding hydrogens is 454 g/mol. The summed E-state index contributed by atoms with van der Waals surface area (Å²) in [6.07, 6.45) is 12.1. The van der Waals surface area contributed by atoms with E-state index in [1.54, 1.807) is 0 Å². The Bertz CT molecular complexity index is 799. The minimum Gasteiger partial charge on any atom is -0.453 e. The number of rotatable bonds is 9. The Morgan fingerprint density at radius 3 is 2.67 bits per heavy atom. The van der Waals surface area contributed by atoms with Crippen LogP contribution in [0.3, 0.4) is 0 Å². The number of nitrogens with zero attached hydrogens (tertiary/aromatic N) is 1. The highest BCUT2D eigenvalue weighted by Gasteiger charge is 2.40. The first-order chi connectivity index (χ1) is 16.1. The van der Waals surface area contributed by atoms with Crippen molar-refractivity contribution in [1.82, 2.24) is 15.5 Å². The second kappa shape index (κ2) is 11.9. The van der Waals surface area contributed by atoms with Crippen molar-refractivity contribution in [3.63, 3.8) is 0 Å². The number of hydrogen-bond donors (Lipinski definition) is 3. The Balaban J connectivity index is 1.50. The zero-order valence-corrected chi connectivity index (χ0v) is 21.5.